The first-order chi connectivity index (χ1) is 8.86. The van der Waals surface area contributed by atoms with Crippen molar-refractivity contribution < 1.29 is 19.8 Å². The fourth-order valence-electron chi connectivity index (χ4n) is 1.59. The van der Waals surface area contributed by atoms with Crippen LogP contribution in [-0.2, 0) is 4.79 Å². The molecule has 0 saturated heterocycles. The van der Waals surface area contributed by atoms with E-state index in [1.807, 2.05) is 6.92 Å². The molecule has 0 bridgehead atoms. The molecule has 104 valence electrons. The summed E-state index contributed by atoms with van der Waals surface area (Å²) in [6, 6.07) is 2.94. The highest BCUT2D eigenvalue weighted by Crippen LogP contribution is 2.21. The topological polar surface area (TPSA) is 86.6 Å². The van der Waals surface area contributed by atoms with Gasteiger partial charge in [-0.3, -0.25) is 4.79 Å². The van der Waals surface area contributed by atoms with E-state index in [2.05, 4.69) is 5.32 Å². The molecule has 19 heavy (non-hydrogen) atoms. The number of amides is 1. The van der Waals surface area contributed by atoms with E-state index >= 15 is 0 Å². The minimum Gasteiger partial charge on any atom is -0.508 e. The number of benzene rings is 1. The Bertz CT molecular complexity index is 490. The van der Waals surface area contributed by atoms with Crippen molar-refractivity contribution in [3.63, 3.8) is 0 Å². The number of aromatic hydroxyl groups is 1. The first kappa shape index (κ1) is 15.3. The number of carboxylic acid groups (broad SMARTS) is 1. The maximum Gasteiger partial charge on any atom is 0.326 e. The maximum absolute atomic E-state index is 12.0. The summed E-state index contributed by atoms with van der Waals surface area (Å²) in [5, 5.41) is 21.0. The second-order valence-electron chi connectivity index (χ2n) is 4.34. The minimum atomic E-state index is -1.10. The van der Waals surface area contributed by atoms with Gasteiger partial charge in [-0.05, 0) is 24.1 Å². The number of carbonyl (C=O) groups excluding carboxylic acids is 1. The molecule has 0 aromatic heterocycles. The average molecular weight is 286 g/mol. The van der Waals surface area contributed by atoms with Crippen LogP contribution in [0.2, 0.25) is 5.02 Å². The molecule has 0 spiro atoms. The zero-order valence-electron chi connectivity index (χ0n) is 10.7. The molecule has 1 amide bonds. The van der Waals surface area contributed by atoms with Crippen molar-refractivity contribution in [2.45, 2.75) is 26.3 Å². The number of nitrogens with one attached hydrogen (secondary N) is 1. The van der Waals surface area contributed by atoms with E-state index in [0.29, 0.717) is 6.42 Å². The second kappa shape index (κ2) is 6.43. The van der Waals surface area contributed by atoms with E-state index in [0.717, 1.165) is 0 Å². The molecule has 0 heterocycles. The van der Waals surface area contributed by atoms with Crippen molar-refractivity contribution in [1.82, 2.24) is 5.32 Å². The summed E-state index contributed by atoms with van der Waals surface area (Å²) in [6.07, 6.45) is 0.616. The molecule has 1 unspecified atom stereocenters. The standard InChI is InChI=1S/C13H16ClNO4/c1-3-7(2)11(13(18)19)15-12(17)9-6-8(16)4-5-10(9)14/h4-7,11,16H,3H2,1-2H3,(H,15,17)(H,18,19)/t7?,11-/m0/s1. The van der Waals surface area contributed by atoms with Crippen LogP contribution in [0.1, 0.15) is 30.6 Å². The van der Waals surface area contributed by atoms with Gasteiger partial charge in [0.25, 0.3) is 5.91 Å². The van der Waals surface area contributed by atoms with Crippen molar-refractivity contribution in [3.8, 4) is 5.75 Å². The first-order valence-electron chi connectivity index (χ1n) is 5.89. The Morgan fingerprint density at radius 1 is 1.42 bits per heavy atom. The molecule has 6 heteroatoms. The third-order valence-electron chi connectivity index (χ3n) is 2.96. The Kier molecular flexibility index (Phi) is 5.18. The van der Waals surface area contributed by atoms with Crippen LogP contribution in [-0.4, -0.2) is 28.1 Å². The molecule has 1 rings (SSSR count). The lowest BCUT2D eigenvalue weighted by Gasteiger charge is -2.20. The van der Waals surface area contributed by atoms with Gasteiger partial charge >= 0.3 is 5.97 Å². The first-order valence-corrected chi connectivity index (χ1v) is 6.26. The summed E-state index contributed by atoms with van der Waals surface area (Å²) in [5.41, 5.74) is 0.0521. The van der Waals surface area contributed by atoms with Crippen LogP contribution >= 0.6 is 11.6 Å². The van der Waals surface area contributed by atoms with Crippen LogP contribution in [0.4, 0.5) is 0 Å². The van der Waals surface area contributed by atoms with Crippen LogP contribution in [0.3, 0.4) is 0 Å². The number of phenolic OH excluding ortho intramolecular Hbond substituents is 1. The van der Waals surface area contributed by atoms with Crippen LogP contribution in [0.5, 0.6) is 5.75 Å². The third kappa shape index (κ3) is 3.86. The summed E-state index contributed by atoms with van der Waals surface area (Å²) in [6.45, 7) is 3.58. The van der Waals surface area contributed by atoms with Crippen LogP contribution in [0, 0.1) is 5.92 Å². The normalized spacial score (nSPS) is 13.6. The molecule has 3 N–H and O–H groups in total. The lowest BCUT2D eigenvalue weighted by Crippen LogP contribution is -2.45. The Balaban J connectivity index is 2.94. The second-order valence-corrected chi connectivity index (χ2v) is 4.75. The number of hydrogen-bond donors (Lipinski definition) is 3. The predicted molar refractivity (Wildman–Crippen MR) is 71.5 cm³/mol. The van der Waals surface area contributed by atoms with E-state index in [1.165, 1.54) is 18.2 Å². The molecule has 0 aliphatic rings. The van der Waals surface area contributed by atoms with Gasteiger partial charge in [0.15, 0.2) is 0 Å². The number of carboxylic acids is 1. The molecule has 1 aromatic rings. The summed E-state index contributed by atoms with van der Waals surface area (Å²) < 4.78 is 0. The quantitative estimate of drug-likeness (QED) is 0.774. The fourth-order valence-corrected chi connectivity index (χ4v) is 1.79. The predicted octanol–water partition coefficient (Wildman–Crippen LogP) is 2.27. The van der Waals surface area contributed by atoms with Gasteiger partial charge in [0, 0.05) is 0 Å². The highest BCUT2D eigenvalue weighted by molar-refractivity contribution is 6.33. The van der Waals surface area contributed by atoms with Gasteiger partial charge in [-0.2, -0.15) is 0 Å². The molecule has 2 atom stereocenters. The largest absolute Gasteiger partial charge is 0.508 e. The Morgan fingerprint density at radius 3 is 2.58 bits per heavy atom. The lowest BCUT2D eigenvalue weighted by molar-refractivity contribution is -0.140. The smallest absolute Gasteiger partial charge is 0.326 e. The van der Waals surface area contributed by atoms with Crippen molar-refractivity contribution in [2.24, 2.45) is 5.92 Å². The molecular formula is C13H16ClNO4. The zero-order valence-corrected chi connectivity index (χ0v) is 11.4. The highest BCUT2D eigenvalue weighted by atomic mass is 35.5. The SMILES string of the molecule is CCC(C)[C@H](NC(=O)c1cc(O)ccc1Cl)C(=O)O. The van der Waals surface area contributed by atoms with Crippen molar-refractivity contribution in [3.05, 3.63) is 28.8 Å². The lowest BCUT2D eigenvalue weighted by atomic mass is 9.99. The van der Waals surface area contributed by atoms with Gasteiger partial charge in [0.05, 0.1) is 10.6 Å². The van der Waals surface area contributed by atoms with Gasteiger partial charge in [0.1, 0.15) is 11.8 Å². The number of rotatable bonds is 5. The average Bonchev–Trinajstić information content (AvgIpc) is 2.37. The van der Waals surface area contributed by atoms with E-state index in [-0.39, 0.29) is 22.3 Å². The summed E-state index contributed by atoms with van der Waals surface area (Å²) >= 11 is 5.85. The van der Waals surface area contributed by atoms with Crippen LogP contribution in [0.15, 0.2) is 18.2 Å². The molecule has 0 saturated carbocycles. The van der Waals surface area contributed by atoms with E-state index in [4.69, 9.17) is 16.7 Å². The van der Waals surface area contributed by atoms with Crippen LogP contribution in [0.25, 0.3) is 0 Å². The zero-order chi connectivity index (χ0) is 14.6. The summed E-state index contributed by atoms with van der Waals surface area (Å²) in [5.74, 6) is -2.03. The minimum absolute atomic E-state index is 0.0521. The van der Waals surface area contributed by atoms with Gasteiger partial charge in [-0.1, -0.05) is 31.9 Å². The Labute approximate surface area is 116 Å². The number of carbonyl (C=O) groups is 2. The number of halogens is 1. The van der Waals surface area contributed by atoms with Crippen LogP contribution < -0.4 is 5.32 Å². The number of hydrogen-bond acceptors (Lipinski definition) is 3. The monoisotopic (exact) mass is 285 g/mol. The molecule has 5 nitrogen and oxygen atoms in total. The maximum atomic E-state index is 12.0. The molecule has 0 aliphatic carbocycles. The van der Waals surface area contributed by atoms with E-state index in [9.17, 15) is 14.7 Å². The Hall–Kier alpha value is -1.75. The molecule has 0 aliphatic heterocycles. The summed E-state index contributed by atoms with van der Waals surface area (Å²) in [7, 11) is 0. The van der Waals surface area contributed by atoms with Gasteiger partial charge in [0.2, 0.25) is 0 Å². The molecule has 0 radical (unpaired) electrons. The van der Waals surface area contributed by atoms with Crippen molar-refractivity contribution >= 4 is 23.5 Å². The van der Waals surface area contributed by atoms with Gasteiger partial charge in [-0.15, -0.1) is 0 Å². The molecular weight excluding hydrogens is 270 g/mol. The number of aliphatic carboxylic acids is 1. The third-order valence-corrected chi connectivity index (χ3v) is 3.29. The van der Waals surface area contributed by atoms with Crippen molar-refractivity contribution in [1.29, 1.82) is 0 Å². The molecule has 0 fully saturated rings. The van der Waals surface area contributed by atoms with Gasteiger partial charge in [-0.25, -0.2) is 4.79 Å². The number of phenols is 1. The highest BCUT2D eigenvalue weighted by Gasteiger charge is 2.26. The van der Waals surface area contributed by atoms with E-state index < -0.39 is 17.9 Å². The summed E-state index contributed by atoms with van der Waals surface area (Å²) in [4.78, 5) is 23.1. The fraction of sp³-hybridized carbons (Fsp3) is 0.385. The van der Waals surface area contributed by atoms with E-state index in [1.54, 1.807) is 6.92 Å². The molecule has 1 aromatic carbocycles. The van der Waals surface area contributed by atoms with Crippen molar-refractivity contribution in [2.75, 3.05) is 0 Å². The Morgan fingerprint density at radius 2 is 2.05 bits per heavy atom. The van der Waals surface area contributed by atoms with Gasteiger partial charge < -0.3 is 15.5 Å².